The number of hydrogen-bond donors (Lipinski definition) is 0. The first-order valence-corrected chi connectivity index (χ1v) is 33.8. The fourth-order valence-electron chi connectivity index (χ4n) is 10.6. The van der Waals surface area contributed by atoms with Gasteiger partial charge in [0.05, 0.1) is 0 Å². The summed E-state index contributed by atoms with van der Waals surface area (Å²) in [6.07, 6.45) is 68.2. The Morgan fingerprint density at radius 2 is 0.514 bits per heavy atom. The first-order valence-electron chi connectivity index (χ1n) is 33.8. The molecule has 0 aromatic carbocycles. The molecule has 0 bridgehead atoms. The fraction of sp³-hybridized carbons (Fsp3) is 0.956. The monoisotopic (exact) mass is 1050 g/mol. The van der Waals surface area contributed by atoms with Gasteiger partial charge in [-0.15, -0.1) is 0 Å². The molecule has 0 saturated heterocycles. The third-order valence-corrected chi connectivity index (χ3v) is 16.1. The van der Waals surface area contributed by atoms with E-state index in [1.165, 1.54) is 276 Å². The van der Waals surface area contributed by atoms with Gasteiger partial charge in [-0.1, -0.05) is 349 Å². The van der Waals surface area contributed by atoms with Crippen molar-refractivity contribution in [2.75, 3.05) is 13.2 Å². The zero-order chi connectivity index (χ0) is 53.9. The van der Waals surface area contributed by atoms with E-state index in [9.17, 15) is 14.4 Å². The van der Waals surface area contributed by atoms with E-state index in [0.717, 1.165) is 69.6 Å². The number of rotatable bonds is 62. The molecule has 2 atom stereocenters. The maximum absolute atomic E-state index is 12.9. The van der Waals surface area contributed by atoms with Gasteiger partial charge < -0.3 is 14.2 Å². The van der Waals surface area contributed by atoms with Crippen molar-refractivity contribution >= 4 is 17.9 Å². The molecule has 0 rings (SSSR count). The molecule has 0 aliphatic heterocycles. The van der Waals surface area contributed by atoms with Crippen LogP contribution in [0.1, 0.15) is 388 Å². The van der Waals surface area contributed by atoms with Crippen LogP contribution in [0.2, 0.25) is 0 Å². The predicted molar refractivity (Wildman–Crippen MR) is 321 cm³/mol. The highest BCUT2D eigenvalue weighted by Crippen LogP contribution is 2.20. The van der Waals surface area contributed by atoms with Crippen LogP contribution >= 0.6 is 0 Å². The summed E-state index contributed by atoms with van der Waals surface area (Å²) < 4.78 is 17.0. The van der Waals surface area contributed by atoms with Crippen molar-refractivity contribution in [1.82, 2.24) is 0 Å². The molecule has 440 valence electrons. The Labute approximate surface area is 463 Å². The molecule has 0 spiro atoms. The normalized spacial score (nSPS) is 12.4. The first-order chi connectivity index (χ1) is 36.3. The van der Waals surface area contributed by atoms with Crippen LogP contribution in [0.3, 0.4) is 0 Å². The van der Waals surface area contributed by atoms with Crippen molar-refractivity contribution in [1.29, 1.82) is 0 Å². The Morgan fingerprint density at radius 3 is 0.770 bits per heavy atom. The number of hydrogen-bond acceptors (Lipinski definition) is 6. The smallest absolute Gasteiger partial charge is 0.306 e. The highest BCUT2D eigenvalue weighted by atomic mass is 16.6. The number of carbonyl (C=O) groups is 3. The molecule has 6 heteroatoms. The van der Waals surface area contributed by atoms with Crippen LogP contribution in [0.4, 0.5) is 0 Å². The second kappa shape index (κ2) is 60.6. The summed E-state index contributed by atoms with van der Waals surface area (Å²) in [4.78, 5) is 38.4. The van der Waals surface area contributed by atoms with Crippen LogP contribution in [-0.4, -0.2) is 37.2 Å². The van der Waals surface area contributed by atoms with Crippen molar-refractivity contribution in [2.45, 2.75) is 394 Å². The maximum Gasteiger partial charge on any atom is 0.306 e. The summed E-state index contributed by atoms with van der Waals surface area (Å²) in [6, 6.07) is 0. The molecular weight excluding hydrogens is 913 g/mol. The molecule has 0 heterocycles. The van der Waals surface area contributed by atoms with Gasteiger partial charge in [0, 0.05) is 19.3 Å². The lowest BCUT2D eigenvalue weighted by molar-refractivity contribution is -0.167. The second-order valence-electron chi connectivity index (χ2n) is 24.2. The zero-order valence-corrected chi connectivity index (χ0v) is 51.0. The van der Waals surface area contributed by atoms with Gasteiger partial charge in [0.15, 0.2) is 6.10 Å². The van der Waals surface area contributed by atoms with Crippen LogP contribution in [0.5, 0.6) is 0 Å². The van der Waals surface area contributed by atoms with E-state index in [2.05, 4.69) is 34.6 Å². The Balaban J connectivity index is 4.27. The Bertz CT molecular complexity index is 1140. The van der Waals surface area contributed by atoms with Crippen LogP contribution < -0.4 is 0 Å². The topological polar surface area (TPSA) is 78.9 Å². The van der Waals surface area contributed by atoms with Crippen molar-refractivity contribution < 1.29 is 28.6 Å². The molecule has 0 radical (unpaired) electrons. The van der Waals surface area contributed by atoms with Crippen molar-refractivity contribution in [3.05, 3.63) is 0 Å². The van der Waals surface area contributed by atoms with Gasteiger partial charge in [0.25, 0.3) is 0 Å². The van der Waals surface area contributed by atoms with Gasteiger partial charge in [-0.3, -0.25) is 14.4 Å². The number of carbonyl (C=O) groups excluding carboxylic acids is 3. The van der Waals surface area contributed by atoms with Gasteiger partial charge in [0.2, 0.25) is 0 Å². The average Bonchev–Trinajstić information content (AvgIpc) is 3.39. The Morgan fingerprint density at radius 1 is 0.284 bits per heavy atom. The van der Waals surface area contributed by atoms with Gasteiger partial charge in [-0.2, -0.15) is 0 Å². The molecule has 0 fully saturated rings. The SMILES string of the molecule is CCCCCCCCCCCCCCCCCCCC(=O)O[C@H](COC(=O)CCCCCCCCCCCCCCCCCCCCC(C)C)COC(=O)CCCCCCCCCCCCCCCCC(C)CC. The Hall–Kier alpha value is -1.59. The van der Waals surface area contributed by atoms with E-state index < -0.39 is 6.10 Å². The van der Waals surface area contributed by atoms with E-state index in [1.54, 1.807) is 0 Å². The predicted octanol–water partition coefficient (Wildman–Crippen LogP) is 22.8. The van der Waals surface area contributed by atoms with Gasteiger partial charge in [0.1, 0.15) is 13.2 Å². The molecule has 0 N–H and O–H groups in total. The maximum atomic E-state index is 12.9. The van der Waals surface area contributed by atoms with Gasteiger partial charge in [-0.25, -0.2) is 0 Å². The zero-order valence-electron chi connectivity index (χ0n) is 51.0. The molecule has 0 aliphatic rings. The van der Waals surface area contributed by atoms with Gasteiger partial charge in [-0.05, 0) is 31.1 Å². The highest BCUT2D eigenvalue weighted by molar-refractivity contribution is 5.71. The third kappa shape index (κ3) is 59.7. The minimum atomic E-state index is -0.764. The molecule has 6 nitrogen and oxygen atoms in total. The summed E-state index contributed by atoms with van der Waals surface area (Å²) in [7, 11) is 0. The quantitative estimate of drug-likeness (QED) is 0.0343. The summed E-state index contributed by atoms with van der Waals surface area (Å²) in [6.45, 7) is 11.5. The molecule has 0 aliphatic carbocycles. The van der Waals surface area contributed by atoms with Crippen LogP contribution in [0.25, 0.3) is 0 Å². The summed E-state index contributed by atoms with van der Waals surface area (Å²) in [5.41, 5.74) is 0. The highest BCUT2D eigenvalue weighted by Gasteiger charge is 2.20. The van der Waals surface area contributed by atoms with Crippen LogP contribution in [0.15, 0.2) is 0 Å². The molecule has 74 heavy (non-hydrogen) atoms. The number of unbranched alkanes of at least 4 members (excludes halogenated alkanes) is 46. The lowest BCUT2D eigenvalue weighted by Crippen LogP contribution is -2.30. The lowest BCUT2D eigenvalue weighted by Gasteiger charge is -2.18. The summed E-state index contributed by atoms with van der Waals surface area (Å²) in [5, 5.41) is 0. The largest absolute Gasteiger partial charge is 0.462 e. The average molecular weight is 1050 g/mol. The van der Waals surface area contributed by atoms with Crippen molar-refractivity contribution in [3.63, 3.8) is 0 Å². The van der Waals surface area contributed by atoms with E-state index in [0.29, 0.717) is 19.3 Å². The summed E-state index contributed by atoms with van der Waals surface area (Å²) in [5.74, 6) is 0.928. The van der Waals surface area contributed by atoms with Crippen molar-refractivity contribution in [2.24, 2.45) is 11.8 Å². The van der Waals surface area contributed by atoms with Gasteiger partial charge >= 0.3 is 17.9 Å². The van der Waals surface area contributed by atoms with E-state index >= 15 is 0 Å². The number of ether oxygens (including phenoxy) is 3. The third-order valence-electron chi connectivity index (χ3n) is 16.1. The van der Waals surface area contributed by atoms with E-state index in [-0.39, 0.29) is 31.1 Å². The summed E-state index contributed by atoms with van der Waals surface area (Å²) >= 11 is 0. The molecular formula is C68H132O6. The number of esters is 3. The molecule has 0 aromatic heterocycles. The Kier molecular flexibility index (Phi) is 59.3. The molecule has 0 amide bonds. The second-order valence-corrected chi connectivity index (χ2v) is 24.2. The molecule has 0 saturated carbocycles. The standard InChI is InChI=1S/C68H132O6/c1-6-8-9-10-11-12-13-14-15-18-23-30-35-40-45-50-55-60-68(71)74-65(62-73-67(70)59-54-49-44-39-34-29-25-24-27-32-37-42-47-52-57-64(5)7-2)61-72-66(69)58-53-48-43-38-33-28-22-20-17-16-19-21-26-31-36-41-46-51-56-63(3)4/h63-65H,6-62H2,1-5H3/t64?,65-/m1/s1. The van der Waals surface area contributed by atoms with Crippen LogP contribution in [0, 0.1) is 11.8 Å². The van der Waals surface area contributed by atoms with E-state index in [1.807, 2.05) is 0 Å². The van der Waals surface area contributed by atoms with Crippen LogP contribution in [-0.2, 0) is 28.6 Å². The first kappa shape index (κ1) is 72.4. The van der Waals surface area contributed by atoms with Crippen molar-refractivity contribution in [3.8, 4) is 0 Å². The lowest BCUT2D eigenvalue weighted by atomic mass is 9.99. The molecule has 0 aromatic rings. The minimum Gasteiger partial charge on any atom is -0.462 e. The fourth-order valence-corrected chi connectivity index (χ4v) is 10.6. The molecule has 1 unspecified atom stereocenters. The van der Waals surface area contributed by atoms with E-state index in [4.69, 9.17) is 14.2 Å². The minimum absolute atomic E-state index is 0.0614.